The van der Waals surface area contributed by atoms with Crippen molar-refractivity contribution in [1.82, 2.24) is 5.32 Å². The third-order valence-electron chi connectivity index (χ3n) is 3.77. The van der Waals surface area contributed by atoms with Crippen LogP contribution in [0.4, 0.5) is 10.7 Å². The standard InChI is InChI=1S/C16H15N3O3S/c1-9-10(2)23-16-14(9)15(20)17-13(18-16)8-5-11-3-6-12(7-4-11)19(21)22/h3-8,13,18H,1-2H3,(H,17,20)/b8-5+. The van der Waals surface area contributed by atoms with E-state index in [1.807, 2.05) is 26.0 Å². The number of thiophene rings is 1. The normalized spacial score (nSPS) is 16.8. The lowest BCUT2D eigenvalue weighted by molar-refractivity contribution is -0.384. The smallest absolute Gasteiger partial charge is 0.269 e. The molecule has 6 nitrogen and oxygen atoms in total. The van der Waals surface area contributed by atoms with E-state index in [4.69, 9.17) is 0 Å². The molecule has 0 fully saturated rings. The molecule has 0 spiro atoms. The molecule has 1 amide bonds. The van der Waals surface area contributed by atoms with Crippen LogP contribution in [0.2, 0.25) is 0 Å². The van der Waals surface area contributed by atoms with Crippen molar-refractivity contribution < 1.29 is 9.72 Å². The van der Waals surface area contributed by atoms with Gasteiger partial charge in [0, 0.05) is 17.0 Å². The van der Waals surface area contributed by atoms with E-state index in [9.17, 15) is 14.9 Å². The van der Waals surface area contributed by atoms with Gasteiger partial charge in [-0.05, 0) is 43.2 Å². The number of carbonyl (C=O) groups is 1. The van der Waals surface area contributed by atoms with Crippen LogP contribution < -0.4 is 10.6 Å². The number of amides is 1. The third kappa shape index (κ3) is 2.95. The summed E-state index contributed by atoms with van der Waals surface area (Å²) in [6.45, 7) is 3.94. The Hall–Kier alpha value is -2.67. The molecular weight excluding hydrogens is 314 g/mol. The van der Waals surface area contributed by atoms with Crippen LogP contribution in [-0.4, -0.2) is 17.0 Å². The topological polar surface area (TPSA) is 84.3 Å². The van der Waals surface area contributed by atoms with Crippen LogP contribution in [0.5, 0.6) is 0 Å². The summed E-state index contributed by atoms with van der Waals surface area (Å²) in [6.07, 6.45) is 3.34. The quantitative estimate of drug-likeness (QED) is 0.667. The Kier molecular flexibility index (Phi) is 3.87. The van der Waals surface area contributed by atoms with Gasteiger partial charge in [-0.2, -0.15) is 0 Å². The highest BCUT2D eigenvalue weighted by atomic mass is 32.1. The molecule has 1 unspecified atom stereocenters. The number of aryl methyl sites for hydroxylation is 1. The number of carbonyl (C=O) groups excluding carboxylic acids is 1. The average molecular weight is 329 g/mol. The molecule has 7 heteroatoms. The monoisotopic (exact) mass is 329 g/mol. The molecule has 2 heterocycles. The maximum Gasteiger partial charge on any atom is 0.269 e. The van der Waals surface area contributed by atoms with Gasteiger partial charge < -0.3 is 10.6 Å². The van der Waals surface area contributed by atoms with Crippen LogP contribution in [-0.2, 0) is 0 Å². The maximum absolute atomic E-state index is 12.2. The summed E-state index contributed by atoms with van der Waals surface area (Å²) >= 11 is 1.57. The average Bonchev–Trinajstić information content (AvgIpc) is 2.80. The van der Waals surface area contributed by atoms with Crippen molar-refractivity contribution in [1.29, 1.82) is 0 Å². The highest BCUT2D eigenvalue weighted by molar-refractivity contribution is 7.16. The first-order valence-electron chi connectivity index (χ1n) is 7.06. The fourth-order valence-electron chi connectivity index (χ4n) is 2.40. The van der Waals surface area contributed by atoms with Crippen molar-refractivity contribution in [2.24, 2.45) is 0 Å². The lowest BCUT2D eigenvalue weighted by atomic mass is 10.1. The number of nitrogens with zero attached hydrogens (tertiary/aromatic N) is 1. The van der Waals surface area contributed by atoms with Crippen molar-refractivity contribution in [3.63, 3.8) is 0 Å². The molecule has 1 atom stereocenters. The zero-order valence-electron chi connectivity index (χ0n) is 12.6. The number of rotatable bonds is 3. The van der Waals surface area contributed by atoms with Crippen LogP contribution in [0.15, 0.2) is 30.3 Å². The van der Waals surface area contributed by atoms with Crippen molar-refractivity contribution in [3.8, 4) is 0 Å². The first kappa shape index (κ1) is 15.2. The molecule has 0 bridgehead atoms. The van der Waals surface area contributed by atoms with Crippen LogP contribution in [0.1, 0.15) is 26.4 Å². The minimum absolute atomic E-state index is 0.0559. The van der Waals surface area contributed by atoms with Gasteiger partial charge in [-0.3, -0.25) is 14.9 Å². The molecule has 23 heavy (non-hydrogen) atoms. The second kappa shape index (κ2) is 5.85. The summed E-state index contributed by atoms with van der Waals surface area (Å²) in [7, 11) is 0. The van der Waals surface area contributed by atoms with E-state index in [0.29, 0.717) is 5.56 Å². The first-order chi connectivity index (χ1) is 11.0. The van der Waals surface area contributed by atoms with E-state index in [1.54, 1.807) is 23.5 Å². The number of benzene rings is 1. The Morgan fingerprint density at radius 3 is 2.57 bits per heavy atom. The van der Waals surface area contributed by atoms with E-state index < -0.39 is 4.92 Å². The molecule has 0 aliphatic carbocycles. The van der Waals surface area contributed by atoms with Crippen molar-refractivity contribution in [2.45, 2.75) is 20.0 Å². The number of hydrogen-bond donors (Lipinski definition) is 2. The Labute approximate surface area is 137 Å². The number of nitrogens with one attached hydrogen (secondary N) is 2. The van der Waals surface area contributed by atoms with E-state index in [0.717, 1.165) is 21.0 Å². The zero-order valence-corrected chi connectivity index (χ0v) is 13.4. The van der Waals surface area contributed by atoms with Gasteiger partial charge in [-0.15, -0.1) is 11.3 Å². The molecule has 1 aliphatic rings. The second-order valence-corrected chi connectivity index (χ2v) is 6.52. The molecule has 0 saturated carbocycles. The molecular formula is C16H15N3O3S. The fraction of sp³-hybridized carbons (Fsp3) is 0.188. The molecule has 2 N–H and O–H groups in total. The van der Waals surface area contributed by atoms with Crippen LogP contribution >= 0.6 is 11.3 Å². The van der Waals surface area contributed by atoms with Gasteiger partial charge in [-0.1, -0.05) is 6.08 Å². The van der Waals surface area contributed by atoms with Gasteiger partial charge in [0.1, 0.15) is 11.2 Å². The van der Waals surface area contributed by atoms with E-state index >= 15 is 0 Å². The largest absolute Gasteiger partial charge is 0.353 e. The van der Waals surface area contributed by atoms with Crippen molar-refractivity contribution >= 4 is 34.0 Å². The first-order valence-corrected chi connectivity index (χ1v) is 7.87. The molecule has 1 aliphatic heterocycles. The van der Waals surface area contributed by atoms with Crippen LogP contribution in [0.25, 0.3) is 6.08 Å². The molecule has 3 rings (SSSR count). The van der Waals surface area contributed by atoms with Gasteiger partial charge in [0.15, 0.2) is 0 Å². The summed E-state index contributed by atoms with van der Waals surface area (Å²) in [6, 6.07) is 6.25. The highest BCUT2D eigenvalue weighted by Gasteiger charge is 2.26. The minimum atomic E-state index is -0.431. The number of fused-ring (bicyclic) bond motifs is 1. The highest BCUT2D eigenvalue weighted by Crippen LogP contribution is 2.34. The predicted molar refractivity (Wildman–Crippen MR) is 90.8 cm³/mol. The van der Waals surface area contributed by atoms with Gasteiger partial charge >= 0.3 is 0 Å². The second-order valence-electron chi connectivity index (χ2n) is 5.29. The minimum Gasteiger partial charge on any atom is -0.353 e. The van der Waals surface area contributed by atoms with Gasteiger partial charge in [0.25, 0.3) is 11.6 Å². The molecule has 0 radical (unpaired) electrons. The summed E-state index contributed by atoms with van der Waals surface area (Å²) in [5.41, 5.74) is 2.61. The third-order valence-corrected chi connectivity index (χ3v) is 4.91. The Balaban J connectivity index is 1.76. The molecule has 118 valence electrons. The molecule has 1 aromatic heterocycles. The van der Waals surface area contributed by atoms with Crippen LogP contribution in [0, 0.1) is 24.0 Å². The number of nitro groups is 1. The van der Waals surface area contributed by atoms with E-state index in [-0.39, 0.29) is 17.8 Å². The lowest BCUT2D eigenvalue weighted by Gasteiger charge is -2.23. The maximum atomic E-state index is 12.2. The Morgan fingerprint density at radius 1 is 1.22 bits per heavy atom. The number of hydrogen-bond acceptors (Lipinski definition) is 5. The molecule has 0 saturated heterocycles. The fourth-order valence-corrected chi connectivity index (χ4v) is 3.50. The number of nitro benzene ring substituents is 1. The Bertz CT molecular complexity index is 809. The zero-order chi connectivity index (χ0) is 16.6. The van der Waals surface area contributed by atoms with E-state index in [1.165, 1.54) is 12.1 Å². The Morgan fingerprint density at radius 2 is 1.91 bits per heavy atom. The van der Waals surface area contributed by atoms with Gasteiger partial charge in [-0.25, -0.2) is 0 Å². The predicted octanol–water partition coefficient (Wildman–Crippen LogP) is 3.47. The molecule has 2 aromatic rings. The van der Waals surface area contributed by atoms with Gasteiger partial charge in [0.2, 0.25) is 0 Å². The molecule has 1 aromatic carbocycles. The summed E-state index contributed by atoms with van der Waals surface area (Å²) in [4.78, 5) is 23.5. The van der Waals surface area contributed by atoms with Crippen molar-refractivity contribution in [2.75, 3.05) is 5.32 Å². The summed E-state index contributed by atoms with van der Waals surface area (Å²) in [5, 5.41) is 17.7. The van der Waals surface area contributed by atoms with Crippen molar-refractivity contribution in [3.05, 3.63) is 62.0 Å². The summed E-state index contributed by atoms with van der Waals surface area (Å²) in [5.74, 6) is -0.0843. The van der Waals surface area contributed by atoms with Crippen LogP contribution in [0.3, 0.4) is 0 Å². The van der Waals surface area contributed by atoms with Gasteiger partial charge in [0.05, 0.1) is 10.5 Å². The number of anilines is 1. The van der Waals surface area contributed by atoms with E-state index in [2.05, 4.69) is 10.6 Å². The lowest BCUT2D eigenvalue weighted by Crippen LogP contribution is -2.43. The SMILES string of the molecule is Cc1sc2c(c1C)C(=O)NC(/C=C/c1ccc([N+](=O)[O-])cc1)N2. The summed E-state index contributed by atoms with van der Waals surface area (Å²) < 4.78 is 0. The number of non-ortho nitro benzene ring substituents is 1.